The number of fused-ring (bicyclic) bond motifs is 1. The van der Waals surface area contributed by atoms with Gasteiger partial charge in [-0.25, -0.2) is 4.98 Å². The van der Waals surface area contributed by atoms with Gasteiger partial charge in [0.1, 0.15) is 5.65 Å². The molecule has 0 aliphatic carbocycles. The first-order valence-corrected chi connectivity index (χ1v) is 5.38. The number of halogens is 1. The van der Waals surface area contributed by atoms with Gasteiger partial charge < -0.3 is 0 Å². The van der Waals surface area contributed by atoms with Gasteiger partial charge in [-0.15, -0.1) is 12.4 Å². The normalized spacial score (nSPS) is 10.0. The van der Waals surface area contributed by atoms with Crippen LogP contribution < -0.4 is 5.56 Å². The lowest BCUT2D eigenvalue weighted by atomic mass is 10.2. The molecule has 0 bridgehead atoms. The van der Waals surface area contributed by atoms with Crippen LogP contribution >= 0.6 is 12.4 Å². The van der Waals surface area contributed by atoms with E-state index in [1.54, 1.807) is 22.9 Å². The molecule has 2 aromatic heterocycles. The average molecular weight is 259 g/mol. The van der Waals surface area contributed by atoms with Crippen LogP contribution in [0.1, 0.15) is 0 Å². The van der Waals surface area contributed by atoms with Crippen molar-refractivity contribution in [3.8, 4) is 5.69 Å². The molecule has 0 atom stereocenters. The minimum Gasteiger partial charge on any atom is -0.269 e. The van der Waals surface area contributed by atoms with Gasteiger partial charge in [-0.3, -0.25) is 9.36 Å². The number of nitrogens with zero attached hydrogens (tertiary/aromatic N) is 2. The van der Waals surface area contributed by atoms with Gasteiger partial charge in [0, 0.05) is 17.6 Å². The predicted molar refractivity (Wildman–Crippen MR) is 74.6 cm³/mol. The Morgan fingerprint density at radius 3 is 2.44 bits per heavy atom. The molecule has 4 heteroatoms. The van der Waals surface area contributed by atoms with Crippen LogP contribution in [-0.4, -0.2) is 9.55 Å². The SMILES string of the molecule is Cl.O=c1ccc2cccnc2n1-c1ccccc1. The van der Waals surface area contributed by atoms with E-state index in [1.165, 1.54) is 0 Å². The van der Waals surface area contributed by atoms with Crippen LogP contribution in [0.15, 0.2) is 65.6 Å². The monoisotopic (exact) mass is 258 g/mol. The van der Waals surface area contributed by atoms with Crippen LogP contribution in [-0.2, 0) is 0 Å². The summed E-state index contributed by atoms with van der Waals surface area (Å²) in [6.07, 6.45) is 1.70. The quantitative estimate of drug-likeness (QED) is 0.673. The summed E-state index contributed by atoms with van der Waals surface area (Å²) in [5.41, 5.74) is 1.45. The molecule has 3 aromatic rings. The second kappa shape index (κ2) is 5.02. The molecule has 0 N–H and O–H groups in total. The molecule has 0 radical (unpaired) electrons. The Kier molecular flexibility index (Phi) is 3.44. The number of hydrogen-bond donors (Lipinski definition) is 0. The predicted octanol–water partition coefficient (Wildman–Crippen LogP) is 2.81. The molecule has 1 aromatic carbocycles. The van der Waals surface area contributed by atoms with Crippen molar-refractivity contribution in [3.05, 3.63) is 71.1 Å². The number of benzene rings is 1. The lowest BCUT2D eigenvalue weighted by Crippen LogP contribution is -2.17. The van der Waals surface area contributed by atoms with E-state index in [0.717, 1.165) is 11.1 Å². The van der Waals surface area contributed by atoms with Crippen molar-refractivity contribution in [1.29, 1.82) is 0 Å². The second-order valence-corrected chi connectivity index (χ2v) is 3.76. The van der Waals surface area contributed by atoms with E-state index in [9.17, 15) is 4.79 Å². The molecule has 0 aliphatic heterocycles. The highest BCUT2D eigenvalue weighted by atomic mass is 35.5. The Bertz CT molecular complexity index is 722. The van der Waals surface area contributed by atoms with Crippen LogP contribution in [0, 0.1) is 0 Å². The first kappa shape index (κ1) is 12.3. The minimum atomic E-state index is -0.0672. The van der Waals surface area contributed by atoms with Crippen LogP contribution in [0.5, 0.6) is 0 Å². The van der Waals surface area contributed by atoms with Crippen LogP contribution in [0.3, 0.4) is 0 Å². The van der Waals surface area contributed by atoms with Crippen molar-refractivity contribution >= 4 is 23.4 Å². The van der Waals surface area contributed by atoms with Gasteiger partial charge in [0.15, 0.2) is 0 Å². The first-order chi connectivity index (χ1) is 8.36. The zero-order valence-electron chi connectivity index (χ0n) is 9.48. The van der Waals surface area contributed by atoms with E-state index in [1.807, 2.05) is 42.5 Å². The number of aromatic nitrogens is 2. The number of hydrogen-bond acceptors (Lipinski definition) is 2. The molecule has 0 saturated heterocycles. The molecule has 0 fully saturated rings. The molecular formula is C14H11ClN2O. The summed E-state index contributed by atoms with van der Waals surface area (Å²) in [7, 11) is 0. The third-order valence-corrected chi connectivity index (χ3v) is 2.67. The highest BCUT2D eigenvalue weighted by Gasteiger charge is 2.04. The van der Waals surface area contributed by atoms with Gasteiger partial charge >= 0.3 is 0 Å². The van der Waals surface area contributed by atoms with Crippen molar-refractivity contribution < 1.29 is 0 Å². The maximum absolute atomic E-state index is 12.0. The Balaban J connectivity index is 0.00000120. The largest absolute Gasteiger partial charge is 0.269 e. The maximum atomic E-state index is 12.0. The fourth-order valence-corrected chi connectivity index (χ4v) is 1.89. The molecule has 0 spiro atoms. The van der Waals surface area contributed by atoms with Crippen molar-refractivity contribution in [2.45, 2.75) is 0 Å². The lowest BCUT2D eigenvalue weighted by Gasteiger charge is -2.08. The van der Waals surface area contributed by atoms with Crippen molar-refractivity contribution in [2.24, 2.45) is 0 Å². The van der Waals surface area contributed by atoms with Crippen LogP contribution in [0.4, 0.5) is 0 Å². The van der Waals surface area contributed by atoms with E-state index in [2.05, 4.69) is 4.98 Å². The highest BCUT2D eigenvalue weighted by molar-refractivity contribution is 5.85. The van der Waals surface area contributed by atoms with Crippen LogP contribution in [0.25, 0.3) is 16.7 Å². The summed E-state index contributed by atoms with van der Waals surface area (Å²) in [6.45, 7) is 0. The number of para-hydroxylation sites is 1. The topological polar surface area (TPSA) is 34.9 Å². The molecule has 2 heterocycles. The lowest BCUT2D eigenvalue weighted by molar-refractivity contribution is 1.02. The molecule has 3 nitrogen and oxygen atoms in total. The van der Waals surface area contributed by atoms with Gasteiger partial charge in [-0.2, -0.15) is 0 Å². The molecule has 0 amide bonds. The molecule has 0 unspecified atom stereocenters. The van der Waals surface area contributed by atoms with Gasteiger partial charge in [0.2, 0.25) is 0 Å². The van der Waals surface area contributed by atoms with Crippen molar-refractivity contribution in [1.82, 2.24) is 9.55 Å². The first-order valence-electron chi connectivity index (χ1n) is 5.38. The summed E-state index contributed by atoms with van der Waals surface area (Å²) < 4.78 is 1.62. The standard InChI is InChI=1S/C14H10N2O.ClH/c17-13-9-8-11-5-4-10-15-14(11)16(13)12-6-2-1-3-7-12;/h1-10H;1H. The molecule has 3 rings (SSSR count). The molecule has 90 valence electrons. The minimum absolute atomic E-state index is 0. The summed E-state index contributed by atoms with van der Waals surface area (Å²) in [6, 6.07) is 16.7. The Hall–Kier alpha value is -2.13. The van der Waals surface area contributed by atoms with E-state index in [4.69, 9.17) is 0 Å². The third-order valence-electron chi connectivity index (χ3n) is 2.67. The van der Waals surface area contributed by atoms with Gasteiger partial charge in [-0.1, -0.05) is 18.2 Å². The Labute approximate surface area is 110 Å². The smallest absolute Gasteiger partial charge is 0.256 e. The van der Waals surface area contributed by atoms with Gasteiger partial charge in [-0.05, 0) is 30.3 Å². The highest BCUT2D eigenvalue weighted by Crippen LogP contribution is 2.13. The van der Waals surface area contributed by atoms with E-state index in [-0.39, 0.29) is 18.0 Å². The number of pyridine rings is 2. The fraction of sp³-hybridized carbons (Fsp3) is 0. The van der Waals surface area contributed by atoms with E-state index in [0.29, 0.717) is 5.65 Å². The van der Waals surface area contributed by atoms with Crippen molar-refractivity contribution in [3.63, 3.8) is 0 Å². The summed E-state index contributed by atoms with van der Waals surface area (Å²) >= 11 is 0. The summed E-state index contributed by atoms with van der Waals surface area (Å²) in [5.74, 6) is 0. The third kappa shape index (κ3) is 2.00. The van der Waals surface area contributed by atoms with Gasteiger partial charge in [0.25, 0.3) is 5.56 Å². The second-order valence-electron chi connectivity index (χ2n) is 3.76. The van der Waals surface area contributed by atoms with Gasteiger partial charge in [0.05, 0.1) is 5.69 Å². The van der Waals surface area contributed by atoms with Crippen LogP contribution in [0.2, 0.25) is 0 Å². The maximum Gasteiger partial charge on any atom is 0.256 e. The molecule has 18 heavy (non-hydrogen) atoms. The summed E-state index contributed by atoms with van der Waals surface area (Å²) in [4.78, 5) is 16.2. The fourth-order valence-electron chi connectivity index (χ4n) is 1.89. The zero-order chi connectivity index (χ0) is 11.7. The average Bonchev–Trinajstić information content (AvgIpc) is 2.39. The van der Waals surface area contributed by atoms with Crippen molar-refractivity contribution in [2.75, 3.05) is 0 Å². The van der Waals surface area contributed by atoms with E-state index >= 15 is 0 Å². The molecule has 0 saturated carbocycles. The zero-order valence-corrected chi connectivity index (χ0v) is 10.3. The summed E-state index contributed by atoms with van der Waals surface area (Å²) in [5, 5.41) is 0.955. The number of rotatable bonds is 1. The Morgan fingerprint density at radius 1 is 0.889 bits per heavy atom. The Morgan fingerprint density at radius 2 is 1.67 bits per heavy atom. The van der Waals surface area contributed by atoms with E-state index < -0.39 is 0 Å². The molecular weight excluding hydrogens is 248 g/mol. The molecule has 0 aliphatic rings.